The largest absolute Gasteiger partial charge is 0.396 e. The van der Waals surface area contributed by atoms with Gasteiger partial charge in [0.15, 0.2) is 0 Å². The maximum Gasteiger partial charge on any atom is 0.0992 e. The molecule has 0 fully saturated rings. The summed E-state index contributed by atoms with van der Waals surface area (Å²) in [5, 5.41) is 20.9. The van der Waals surface area contributed by atoms with Gasteiger partial charge in [-0.1, -0.05) is 11.6 Å². The first-order chi connectivity index (χ1) is 7.27. The Morgan fingerprint density at radius 2 is 2.20 bits per heavy atom. The zero-order chi connectivity index (χ0) is 11.1. The Morgan fingerprint density at radius 1 is 1.40 bits per heavy atom. The van der Waals surface area contributed by atoms with Gasteiger partial charge in [-0.3, -0.25) is 0 Å². The lowest BCUT2D eigenvalue weighted by Crippen LogP contribution is -2.02. The summed E-state index contributed by atoms with van der Waals surface area (Å²) in [5.41, 5.74) is 1.38. The summed E-state index contributed by atoms with van der Waals surface area (Å²) < 4.78 is 0. The third-order valence-corrected chi connectivity index (χ3v) is 2.31. The Bertz CT molecular complexity index is 360. The van der Waals surface area contributed by atoms with Gasteiger partial charge < -0.3 is 10.4 Å². The third-order valence-electron chi connectivity index (χ3n) is 2.00. The molecule has 0 unspecified atom stereocenters. The number of benzene rings is 1. The van der Waals surface area contributed by atoms with Crippen LogP contribution in [0.5, 0.6) is 0 Å². The van der Waals surface area contributed by atoms with Crippen molar-refractivity contribution in [1.29, 1.82) is 5.26 Å². The van der Waals surface area contributed by atoms with E-state index in [-0.39, 0.29) is 6.61 Å². The van der Waals surface area contributed by atoms with Gasteiger partial charge in [-0.25, -0.2) is 0 Å². The third kappa shape index (κ3) is 3.78. The minimum absolute atomic E-state index is 0.211. The van der Waals surface area contributed by atoms with Crippen molar-refractivity contribution >= 4 is 17.3 Å². The molecule has 0 spiro atoms. The molecule has 0 bridgehead atoms. The van der Waals surface area contributed by atoms with Crippen LogP contribution in [0.25, 0.3) is 0 Å². The molecule has 0 aliphatic heterocycles. The number of rotatable bonds is 5. The van der Waals surface area contributed by atoms with Gasteiger partial charge in [-0.15, -0.1) is 0 Å². The van der Waals surface area contributed by atoms with Crippen molar-refractivity contribution in [3.63, 3.8) is 0 Å². The first kappa shape index (κ1) is 11.8. The van der Waals surface area contributed by atoms with E-state index in [9.17, 15) is 0 Å². The number of aliphatic hydroxyl groups excluding tert-OH is 1. The van der Waals surface area contributed by atoms with Gasteiger partial charge in [-0.05, 0) is 31.0 Å². The molecule has 0 atom stereocenters. The monoisotopic (exact) mass is 224 g/mol. The topological polar surface area (TPSA) is 56.0 Å². The summed E-state index contributed by atoms with van der Waals surface area (Å²) in [6.07, 6.45) is 1.67. The molecule has 80 valence electrons. The SMILES string of the molecule is N#Cc1ccc(NCCCCO)c(Cl)c1. The number of nitrogens with zero attached hydrogens (tertiary/aromatic N) is 1. The molecule has 15 heavy (non-hydrogen) atoms. The molecule has 0 saturated carbocycles. The van der Waals surface area contributed by atoms with Crippen LogP contribution in [0.15, 0.2) is 18.2 Å². The van der Waals surface area contributed by atoms with E-state index in [0.717, 1.165) is 25.1 Å². The molecule has 0 saturated heterocycles. The second kappa shape index (κ2) is 6.28. The molecule has 3 nitrogen and oxygen atoms in total. The summed E-state index contributed by atoms with van der Waals surface area (Å²) in [5.74, 6) is 0. The van der Waals surface area contributed by atoms with E-state index in [1.165, 1.54) is 0 Å². The maximum atomic E-state index is 8.64. The molecule has 0 radical (unpaired) electrons. The van der Waals surface area contributed by atoms with Crippen molar-refractivity contribution in [2.45, 2.75) is 12.8 Å². The van der Waals surface area contributed by atoms with E-state index >= 15 is 0 Å². The first-order valence-electron chi connectivity index (χ1n) is 4.82. The molecule has 0 heterocycles. The number of halogens is 1. The Morgan fingerprint density at radius 3 is 2.80 bits per heavy atom. The Labute approximate surface area is 94.3 Å². The van der Waals surface area contributed by atoms with Crippen LogP contribution in [-0.4, -0.2) is 18.3 Å². The van der Waals surface area contributed by atoms with E-state index in [2.05, 4.69) is 5.32 Å². The van der Waals surface area contributed by atoms with Gasteiger partial charge >= 0.3 is 0 Å². The van der Waals surface area contributed by atoms with Crippen molar-refractivity contribution in [2.75, 3.05) is 18.5 Å². The van der Waals surface area contributed by atoms with Gasteiger partial charge in [0.25, 0.3) is 0 Å². The molecule has 0 aliphatic rings. The van der Waals surface area contributed by atoms with Crippen LogP contribution in [0.1, 0.15) is 18.4 Å². The fourth-order valence-corrected chi connectivity index (χ4v) is 1.44. The summed E-state index contributed by atoms with van der Waals surface area (Å²) >= 11 is 5.96. The van der Waals surface area contributed by atoms with Crippen molar-refractivity contribution in [3.05, 3.63) is 28.8 Å². The number of nitriles is 1. The Hall–Kier alpha value is -1.24. The fraction of sp³-hybridized carbons (Fsp3) is 0.364. The number of aliphatic hydroxyl groups is 1. The minimum Gasteiger partial charge on any atom is -0.396 e. The van der Waals surface area contributed by atoms with Crippen LogP contribution < -0.4 is 5.32 Å². The maximum absolute atomic E-state index is 8.64. The van der Waals surface area contributed by atoms with Crippen LogP contribution >= 0.6 is 11.6 Å². The number of unbranched alkanes of at least 4 members (excludes halogenated alkanes) is 1. The molecule has 1 aromatic rings. The van der Waals surface area contributed by atoms with Crippen LogP contribution in [-0.2, 0) is 0 Å². The molecule has 2 N–H and O–H groups in total. The normalized spacial score (nSPS) is 9.67. The lowest BCUT2D eigenvalue weighted by molar-refractivity contribution is 0.286. The van der Waals surface area contributed by atoms with E-state index in [1.54, 1.807) is 18.2 Å². The number of anilines is 1. The van der Waals surface area contributed by atoms with E-state index in [1.807, 2.05) is 6.07 Å². The van der Waals surface area contributed by atoms with Crippen LogP contribution in [0.4, 0.5) is 5.69 Å². The predicted octanol–water partition coefficient (Wildman–Crippen LogP) is 2.40. The van der Waals surface area contributed by atoms with Gasteiger partial charge in [0.2, 0.25) is 0 Å². The highest BCUT2D eigenvalue weighted by atomic mass is 35.5. The second-order valence-corrected chi connectivity index (χ2v) is 3.57. The summed E-state index contributed by atoms with van der Waals surface area (Å²) in [6.45, 7) is 0.981. The van der Waals surface area contributed by atoms with Gasteiger partial charge in [0.1, 0.15) is 0 Å². The zero-order valence-corrected chi connectivity index (χ0v) is 9.09. The van der Waals surface area contributed by atoms with Gasteiger partial charge in [0.05, 0.1) is 22.3 Å². The lowest BCUT2D eigenvalue weighted by Gasteiger charge is -2.07. The van der Waals surface area contributed by atoms with E-state index < -0.39 is 0 Å². The quantitative estimate of drug-likeness (QED) is 0.756. The molecular formula is C11H13ClN2O. The predicted molar refractivity (Wildman–Crippen MR) is 61.0 cm³/mol. The molecule has 1 rings (SSSR count). The lowest BCUT2D eigenvalue weighted by atomic mass is 10.2. The van der Waals surface area contributed by atoms with Crippen molar-refractivity contribution in [2.24, 2.45) is 0 Å². The second-order valence-electron chi connectivity index (χ2n) is 3.16. The molecule has 0 amide bonds. The minimum atomic E-state index is 0.211. The summed E-state index contributed by atoms with van der Waals surface area (Å²) in [4.78, 5) is 0. The zero-order valence-electron chi connectivity index (χ0n) is 8.33. The number of hydrogen-bond donors (Lipinski definition) is 2. The van der Waals surface area contributed by atoms with Crippen LogP contribution in [0, 0.1) is 11.3 Å². The number of nitrogens with one attached hydrogen (secondary N) is 1. The molecule has 1 aromatic carbocycles. The first-order valence-corrected chi connectivity index (χ1v) is 5.20. The molecule has 0 aromatic heterocycles. The van der Waals surface area contributed by atoms with E-state index in [4.69, 9.17) is 22.0 Å². The number of hydrogen-bond acceptors (Lipinski definition) is 3. The van der Waals surface area contributed by atoms with Crippen molar-refractivity contribution in [1.82, 2.24) is 0 Å². The highest BCUT2D eigenvalue weighted by Gasteiger charge is 2.00. The van der Waals surface area contributed by atoms with Crippen LogP contribution in [0.3, 0.4) is 0 Å². The van der Waals surface area contributed by atoms with Crippen LogP contribution in [0.2, 0.25) is 5.02 Å². The highest BCUT2D eigenvalue weighted by Crippen LogP contribution is 2.22. The van der Waals surface area contributed by atoms with E-state index in [0.29, 0.717) is 10.6 Å². The Balaban J connectivity index is 2.52. The highest BCUT2D eigenvalue weighted by molar-refractivity contribution is 6.33. The molecular weight excluding hydrogens is 212 g/mol. The fourth-order valence-electron chi connectivity index (χ4n) is 1.19. The Kier molecular flexibility index (Phi) is 4.96. The molecule has 4 heteroatoms. The summed E-state index contributed by atoms with van der Waals surface area (Å²) in [7, 11) is 0. The summed E-state index contributed by atoms with van der Waals surface area (Å²) in [6, 6.07) is 7.17. The standard InChI is InChI=1S/C11H13ClN2O/c12-10-7-9(8-13)3-4-11(10)14-5-1-2-6-15/h3-4,7,14-15H,1-2,5-6H2. The van der Waals surface area contributed by atoms with Gasteiger partial charge in [0, 0.05) is 13.2 Å². The average Bonchev–Trinajstić information content (AvgIpc) is 2.26. The van der Waals surface area contributed by atoms with Gasteiger partial charge in [-0.2, -0.15) is 5.26 Å². The van der Waals surface area contributed by atoms with Crippen molar-refractivity contribution < 1.29 is 5.11 Å². The molecule has 0 aliphatic carbocycles. The van der Waals surface area contributed by atoms with Crippen molar-refractivity contribution in [3.8, 4) is 6.07 Å². The smallest absolute Gasteiger partial charge is 0.0992 e. The average molecular weight is 225 g/mol.